The van der Waals surface area contributed by atoms with Crippen molar-refractivity contribution in [2.45, 2.75) is 31.5 Å². The average Bonchev–Trinajstić information content (AvgIpc) is 2.93. The second-order valence-electron chi connectivity index (χ2n) is 4.87. The number of anilines is 1. The Morgan fingerprint density at radius 2 is 2.24 bits per heavy atom. The second-order valence-corrected chi connectivity index (χ2v) is 4.87. The maximum Gasteiger partial charge on any atom is 0.433 e. The lowest BCUT2D eigenvalue weighted by atomic mass is 10.1. The number of aromatic nitrogens is 4. The van der Waals surface area contributed by atoms with E-state index in [2.05, 4.69) is 20.4 Å². The summed E-state index contributed by atoms with van der Waals surface area (Å²) in [6.07, 6.45) is -0.368. The third-order valence-electron chi connectivity index (χ3n) is 3.33. The number of fused-ring (bicyclic) bond motifs is 1. The van der Waals surface area contributed by atoms with E-state index in [0.717, 1.165) is 25.3 Å². The van der Waals surface area contributed by atoms with Crippen molar-refractivity contribution >= 4 is 11.6 Å². The van der Waals surface area contributed by atoms with E-state index in [-0.39, 0.29) is 17.7 Å². The summed E-state index contributed by atoms with van der Waals surface area (Å²) in [5.41, 5.74) is -0.991. The molecule has 3 rings (SSSR count). The number of halogens is 3. The van der Waals surface area contributed by atoms with Crippen LogP contribution in [0.1, 0.15) is 25.0 Å². The van der Waals surface area contributed by atoms with Gasteiger partial charge in [0.05, 0.1) is 6.10 Å². The molecule has 0 saturated carbocycles. The van der Waals surface area contributed by atoms with Crippen LogP contribution < -0.4 is 5.32 Å². The smallest absolute Gasteiger partial charge is 0.376 e. The molecule has 1 fully saturated rings. The highest BCUT2D eigenvalue weighted by Gasteiger charge is 2.34. The first-order valence-electron chi connectivity index (χ1n) is 6.67. The number of hydrogen-bond donors (Lipinski definition) is 1. The van der Waals surface area contributed by atoms with Gasteiger partial charge in [-0.2, -0.15) is 27.8 Å². The first-order valence-corrected chi connectivity index (χ1v) is 6.67. The van der Waals surface area contributed by atoms with Crippen molar-refractivity contribution in [3.05, 3.63) is 18.1 Å². The molecule has 0 radical (unpaired) electrons. The largest absolute Gasteiger partial charge is 0.433 e. The van der Waals surface area contributed by atoms with Gasteiger partial charge in [-0.3, -0.25) is 0 Å². The summed E-state index contributed by atoms with van der Waals surface area (Å²) in [6.45, 7) is 1.12. The van der Waals surface area contributed by atoms with Crippen molar-refractivity contribution < 1.29 is 17.9 Å². The second kappa shape index (κ2) is 5.47. The first-order chi connectivity index (χ1) is 10.0. The molecule has 3 heterocycles. The molecule has 0 bridgehead atoms. The van der Waals surface area contributed by atoms with E-state index in [4.69, 9.17) is 4.74 Å². The Hall–Kier alpha value is -1.90. The predicted octanol–water partition coefficient (Wildman–Crippen LogP) is 2.12. The van der Waals surface area contributed by atoms with Gasteiger partial charge in [0, 0.05) is 19.2 Å². The van der Waals surface area contributed by atoms with Gasteiger partial charge in [-0.1, -0.05) is 0 Å². The molecule has 2 aromatic rings. The summed E-state index contributed by atoms with van der Waals surface area (Å²) in [4.78, 5) is 7.17. The molecule has 21 heavy (non-hydrogen) atoms. The number of ether oxygens (including phenoxy) is 1. The van der Waals surface area contributed by atoms with Crippen LogP contribution in [0, 0.1) is 0 Å². The van der Waals surface area contributed by atoms with Crippen LogP contribution >= 0.6 is 0 Å². The maximum atomic E-state index is 12.8. The van der Waals surface area contributed by atoms with Crippen LogP contribution in [0.15, 0.2) is 12.4 Å². The van der Waals surface area contributed by atoms with E-state index >= 15 is 0 Å². The fourth-order valence-electron chi connectivity index (χ4n) is 2.27. The quantitative estimate of drug-likeness (QED) is 0.941. The Morgan fingerprint density at radius 1 is 1.38 bits per heavy atom. The monoisotopic (exact) mass is 301 g/mol. The molecule has 1 atom stereocenters. The van der Waals surface area contributed by atoms with Crippen LogP contribution in [-0.4, -0.2) is 38.8 Å². The highest BCUT2D eigenvalue weighted by molar-refractivity contribution is 5.45. The summed E-state index contributed by atoms with van der Waals surface area (Å²) in [6, 6.07) is 0.935. The third-order valence-corrected chi connectivity index (χ3v) is 3.33. The molecule has 114 valence electrons. The molecule has 6 nitrogen and oxygen atoms in total. The van der Waals surface area contributed by atoms with E-state index in [9.17, 15) is 13.2 Å². The van der Waals surface area contributed by atoms with Crippen LogP contribution in [0.3, 0.4) is 0 Å². The highest BCUT2D eigenvalue weighted by atomic mass is 19.4. The lowest BCUT2D eigenvalue weighted by molar-refractivity contribution is -0.141. The molecule has 1 unspecified atom stereocenters. The molecule has 0 spiro atoms. The van der Waals surface area contributed by atoms with Crippen LogP contribution in [0.25, 0.3) is 5.78 Å². The van der Waals surface area contributed by atoms with Crippen molar-refractivity contribution in [2.24, 2.45) is 0 Å². The molecule has 0 amide bonds. The molecule has 1 aliphatic rings. The van der Waals surface area contributed by atoms with Gasteiger partial charge in [0.25, 0.3) is 5.78 Å². The Kier molecular flexibility index (Phi) is 3.66. The summed E-state index contributed by atoms with van der Waals surface area (Å²) < 4.78 is 45.3. The summed E-state index contributed by atoms with van der Waals surface area (Å²) in [7, 11) is 0. The van der Waals surface area contributed by atoms with E-state index in [0.29, 0.717) is 13.2 Å². The van der Waals surface area contributed by atoms with Gasteiger partial charge >= 0.3 is 6.18 Å². The van der Waals surface area contributed by atoms with Crippen molar-refractivity contribution in [1.29, 1.82) is 0 Å². The van der Waals surface area contributed by atoms with Crippen molar-refractivity contribution in [2.75, 3.05) is 18.5 Å². The van der Waals surface area contributed by atoms with Gasteiger partial charge in [0.15, 0.2) is 5.69 Å². The van der Waals surface area contributed by atoms with Gasteiger partial charge < -0.3 is 10.1 Å². The van der Waals surface area contributed by atoms with E-state index in [1.807, 2.05) is 0 Å². The number of hydrogen-bond acceptors (Lipinski definition) is 5. The maximum absolute atomic E-state index is 12.8. The van der Waals surface area contributed by atoms with Gasteiger partial charge in [0.1, 0.15) is 12.1 Å². The van der Waals surface area contributed by atoms with Crippen LogP contribution in [0.5, 0.6) is 0 Å². The number of nitrogens with one attached hydrogen (secondary N) is 1. The third kappa shape index (κ3) is 3.07. The minimum atomic E-state index is -4.52. The van der Waals surface area contributed by atoms with Crippen molar-refractivity contribution in [3.63, 3.8) is 0 Å². The zero-order valence-electron chi connectivity index (χ0n) is 11.1. The van der Waals surface area contributed by atoms with Gasteiger partial charge in [0.2, 0.25) is 0 Å². The highest BCUT2D eigenvalue weighted by Crippen LogP contribution is 2.29. The Labute approximate surface area is 118 Å². The summed E-state index contributed by atoms with van der Waals surface area (Å²) >= 11 is 0. The fourth-order valence-corrected chi connectivity index (χ4v) is 2.27. The predicted molar refractivity (Wildman–Crippen MR) is 67.9 cm³/mol. The lowest BCUT2D eigenvalue weighted by Gasteiger charge is -2.23. The normalized spacial score (nSPS) is 19.9. The lowest BCUT2D eigenvalue weighted by Crippen LogP contribution is -2.28. The van der Waals surface area contributed by atoms with Crippen LogP contribution in [0.4, 0.5) is 19.0 Å². The Bertz CT molecular complexity index is 621. The van der Waals surface area contributed by atoms with Gasteiger partial charge in [-0.05, 0) is 19.3 Å². The number of rotatable bonds is 3. The van der Waals surface area contributed by atoms with Gasteiger partial charge in [-0.15, -0.1) is 0 Å². The minimum absolute atomic E-state index is 0.000163. The minimum Gasteiger partial charge on any atom is -0.376 e. The fraction of sp³-hybridized carbons (Fsp3) is 0.583. The molecule has 9 heteroatoms. The topological polar surface area (TPSA) is 64.3 Å². The van der Waals surface area contributed by atoms with Crippen LogP contribution in [-0.2, 0) is 10.9 Å². The molecular weight excluding hydrogens is 287 g/mol. The SMILES string of the molecule is FC(F)(F)c1cc(NCC2CCCCO2)n2ncnc2n1. The molecule has 1 N–H and O–H groups in total. The zero-order chi connectivity index (χ0) is 14.9. The molecule has 0 aromatic carbocycles. The van der Waals surface area contributed by atoms with Crippen molar-refractivity contribution in [1.82, 2.24) is 19.6 Å². The van der Waals surface area contributed by atoms with Gasteiger partial charge in [-0.25, -0.2) is 4.98 Å². The molecular formula is C12H14F3N5O. The Morgan fingerprint density at radius 3 is 2.95 bits per heavy atom. The van der Waals surface area contributed by atoms with Crippen LogP contribution in [0.2, 0.25) is 0 Å². The number of alkyl halides is 3. The molecule has 1 aliphatic heterocycles. The Balaban J connectivity index is 1.84. The molecule has 1 saturated heterocycles. The average molecular weight is 301 g/mol. The van der Waals surface area contributed by atoms with E-state index < -0.39 is 11.9 Å². The molecule has 0 aliphatic carbocycles. The van der Waals surface area contributed by atoms with Crippen molar-refractivity contribution in [3.8, 4) is 0 Å². The zero-order valence-corrected chi connectivity index (χ0v) is 11.1. The van der Waals surface area contributed by atoms with E-state index in [1.54, 1.807) is 0 Å². The van der Waals surface area contributed by atoms with E-state index in [1.165, 1.54) is 10.8 Å². The molecule has 2 aromatic heterocycles. The first kappa shape index (κ1) is 14.1. The number of nitrogens with zero attached hydrogens (tertiary/aromatic N) is 4. The standard InChI is InChI=1S/C12H14F3N5O/c13-12(14,15)9-5-10(20-11(19-9)17-7-18-20)16-6-8-3-1-2-4-21-8/h5,7-8,16H,1-4,6H2. The summed E-state index contributed by atoms with van der Waals surface area (Å²) in [5, 5.41) is 6.83. The summed E-state index contributed by atoms with van der Waals surface area (Å²) in [5.74, 6) is 0.121.